The van der Waals surface area contributed by atoms with Crippen molar-refractivity contribution < 1.29 is 9.59 Å². The summed E-state index contributed by atoms with van der Waals surface area (Å²) in [7, 11) is 0. The fourth-order valence-electron chi connectivity index (χ4n) is 2.73. The zero-order valence-corrected chi connectivity index (χ0v) is 14.7. The maximum absolute atomic E-state index is 12.5. The van der Waals surface area contributed by atoms with Crippen LogP contribution in [0.25, 0.3) is 6.08 Å². The molecule has 1 N–H and O–H groups in total. The molecule has 1 aliphatic heterocycles. The van der Waals surface area contributed by atoms with Gasteiger partial charge in [0.2, 0.25) is 0 Å². The first-order valence-corrected chi connectivity index (χ1v) is 8.33. The highest BCUT2D eigenvalue weighted by atomic mass is 16.2. The van der Waals surface area contributed by atoms with E-state index in [0.29, 0.717) is 5.70 Å². The standard InChI is InChI=1S/C21H22N2O2/c1-21(2,3)17-11-9-15(10-12-17)13-18-19(24)23(20(25)22-18)14-16-7-5-4-6-8-16/h4-13H,14H2,1-3H3,(H,22,25)/b18-13+. The number of urea groups is 1. The molecule has 1 fully saturated rings. The molecule has 1 heterocycles. The van der Waals surface area contributed by atoms with Gasteiger partial charge in [0.25, 0.3) is 5.91 Å². The van der Waals surface area contributed by atoms with Crippen LogP contribution in [0.3, 0.4) is 0 Å². The quantitative estimate of drug-likeness (QED) is 0.679. The number of nitrogens with zero attached hydrogens (tertiary/aromatic N) is 1. The molecule has 1 aliphatic rings. The molecule has 0 radical (unpaired) electrons. The van der Waals surface area contributed by atoms with Gasteiger partial charge >= 0.3 is 6.03 Å². The minimum absolute atomic E-state index is 0.0789. The summed E-state index contributed by atoms with van der Waals surface area (Å²) in [5.41, 5.74) is 3.42. The van der Waals surface area contributed by atoms with E-state index >= 15 is 0 Å². The van der Waals surface area contributed by atoms with Gasteiger partial charge in [-0.15, -0.1) is 0 Å². The third-order valence-corrected chi connectivity index (χ3v) is 4.23. The Hall–Kier alpha value is -2.88. The number of benzene rings is 2. The summed E-state index contributed by atoms with van der Waals surface area (Å²) >= 11 is 0. The molecule has 0 spiro atoms. The van der Waals surface area contributed by atoms with E-state index in [1.807, 2.05) is 42.5 Å². The molecule has 1 saturated heterocycles. The smallest absolute Gasteiger partial charge is 0.303 e. The van der Waals surface area contributed by atoms with Gasteiger partial charge in [0.1, 0.15) is 5.70 Å². The Morgan fingerprint density at radius 1 is 0.960 bits per heavy atom. The minimum atomic E-state index is -0.383. The minimum Gasteiger partial charge on any atom is -0.303 e. The van der Waals surface area contributed by atoms with Crippen molar-refractivity contribution in [3.8, 4) is 0 Å². The van der Waals surface area contributed by atoms with Gasteiger partial charge in [0.05, 0.1) is 6.54 Å². The number of carbonyl (C=O) groups is 2. The van der Waals surface area contributed by atoms with Gasteiger partial charge in [0, 0.05) is 0 Å². The van der Waals surface area contributed by atoms with Crippen molar-refractivity contribution in [2.24, 2.45) is 0 Å². The second kappa shape index (κ2) is 6.55. The van der Waals surface area contributed by atoms with E-state index in [9.17, 15) is 9.59 Å². The summed E-state index contributed by atoms with van der Waals surface area (Å²) in [5, 5.41) is 2.67. The summed E-state index contributed by atoms with van der Waals surface area (Å²) in [6, 6.07) is 17.1. The van der Waals surface area contributed by atoms with Crippen LogP contribution in [0.5, 0.6) is 0 Å². The highest BCUT2D eigenvalue weighted by Gasteiger charge is 2.33. The SMILES string of the molecule is CC(C)(C)c1ccc(/C=C2/NC(=O)N(Cc3ccccc3)C2=O)cc1. The molecule has 2 aromatic carbocycles. The van der Waals surface area contributed by atoms with Gasteiger partial charge in [-0.05, 0) is 28.2 Å². The predicted molar refractivity (Wildman–Crippen MR) is 98.6 cm³/mol. The van der Waals surface area contributed by atoms with Gasteiger partial charge < -0.3 is 5.32 Å². The fraction of sp³-hybridized carbons (Fsp3) is 0.238. The lowest BCUT2D eigenvalue weighted by Gasteiger charge is -2.18. The van der Waals surface area contributed by atoms with Gasteiger partial charge in [0.15, 0.2) is 0 Å². The molecule has 0 atom stereocenters. The second-order valence-corrected chi connectivity index (χ2v) is 7.24. The van der Waals surface area contributed by atoms with Crippen molar-refractivity contribution in [3.05, 3.63) is 77.0 Å². The summed E-state index contributed by atoms with van der Waals surface area (Å²) in [6.07, 6.45) is 1.72. The maximum Gasteiger partial charge on any atom is 0.329 e. The largest absolute Gasteiger partial charge is 0.329 e. The summed E-state index contributed by atoms with van der Waals surface area (Å²) in [5.74, 6) is -0.297. The van der Waals surface area contributed by atoms with Gasteiger partial charge in [-0.1, -0.05) is 75.4 Å². The molecule has 2 aromatic rings. The van der Waals surface area contributed by atoms with Crippen LogP contribution >= 0.6 is 0 Å². The zero-order valence-electron chi connectivity index (χ0n) is 14.7. The number of rotatable bonds is 3. The molecule has 3 amide bonds. The van der Waals surface area contributed by atoms with Crippen molar-refractivity contribution in [1.29, 1.82) is 0 Å². The van der Waals surface area contributed by atoms with Crippen molar-refractivity contribution in [3.63, 3.8) is 0 Å². The van der Waals surface area contributed by atoms with Crippen molar-refractivity contribution >= 4 is 18.0 Å². The lowest BCUT2D eigenvalue weighted by molar-refractivity contribution is -0.123. The first kappa shape index (κ1) is 17.0. The molecule has 0 bridgehead atoms. The maximum atomic E-state index is 12.5. The molecule has 3 rings (SSSR count). The number of nitrogens with one attached hydrogen (secondary N) is 1. The van der Waals surface area contributed by atoms with Crippen LogP contribution in [0.15, 0.2) is 60.3 Å². The summed E-state index contributed by atoms with van der Waals surface area (Å²) in [4.78, 5) is 25.9. The first-order valence-electron chi connectivity index (χ1n) is 8.33. The average Bonchev–Trinajstić information content (AvgIpc) is 2.83. The van der Waals surface area contributed by atoms with Crippen LogP contribution in [0.4, 0.5) is 4.79 Å². The van der Waals surface area contributed by atoms with Crippen LogP contribution < -0.4 is 5.32 Å². The van der Waals surface area contributed by atoms with E-state index in [1.54, 1.807) is 6.08 Å². The highest BCUT2D eigenvalue weighted by molar-refractivity contribution is 6.13. The molecular formula is C21H22N2O2. The van der Waals surface area contributed by atoms with Crippen molar-refractivity contribution in [2.45, 2.75) is 32.7 Å². The van der Waals surface area contributed by atoms with Gasteiger partial charge in [-0.25, -0.2) is 4.79 Å². The first-order chi connectivity index (χ1) is 11.8. The number of carbonyl (C=O) groups excluding carboxylic acids is 2. The Labute approximate surface area is 148 Å². The van der Waals surface area contributed by atoms with Crippen LogP contribution in [0, 0.1) is 0 Å². The Morgan fingerprint density at radius 3 is 2.20 bits per heavy atom. The topological polar surface area (TPSA) is 49.4 Å². The Bertz CT molecular complexity index is 815. The van der Waals surface area contributed by atoms with E-state index in [1.165, 1.54) is 10.5 Å². The molecule has 4 nitrogen and oxygen atoms in total. The van der Waals surface area contributed by atoms with E-state index in [0.717, 1.165) is 11.1 Å². The molecule has 0 saturated carbocycles. The molecule has 0 aromatic heterocycles. The van der Waals surface area contributed by atoms with Crippen molar-refractivity contribution in [2.75, 3.05) is 0 Å². The lowest BCUT2D eigenvalue weighted by Crippen LogP contribution is -2.30. The Morgan fingerprint density at radius 2 is 1.60 bits per heavy atom. The van der Waals surface area contributed by atoms with E-state index in [-0.39, 0.29) is 23.9 Å². The highest BCUT2D eigenvalue weighted by Crippen LogP contribution is 2.23. The number of amides is 3. The van der Waals surface area contributed by atoms with Crippen LogP contribution in [0.2, 0.25) is 0 Å². The van der Waals surface area contributed by atoms with Crippen LogP contribution in [-0.2, 0) is 16.8 Å². The molecule has 0 aliphatic carbocycles. The third kappa shape index (κ3) is 3.79. The van der Waals surface area contributed by atoms with E-state index < -0.39 is 0 Å². The average molecular weight is 334 g/mol. The monoisotopic (exact) mass is 334 g/mol. The van der Waals surface area contributed by atoms with Gasteiger partial charge in [-0.2, -0.15) is 0 Å². The number of hydrogen-bond acceptors (Lipinski definition) is 2. The molecular weight excluding hydrogens is 312 g/mol. The molecule has 0 unspecified atom stereocenters. The third-order valence-electron chi connectivity index (χ3n) is 4.23. The second-order valence-electron chi connectivity index (χ2n) is 7.24. The molecule has 4 heteroatoms. The molecule has 128 valence electrons. The summed E-state index contributed by atoms with van der Waals surface area (Å²) < 4.78 is 0. The Balaban J connectivity index is 1.78. The fourth-order valence-corrected chi connectivity index (χ4v) is 2.73. The number of hydrogen-bond donors (Lipinski definition) is 1. The normalized spacial score (nSPS) is 16.4. The molecule has 25 heavy (non-hydrogen) atoms. The van der Waals surface area contributed by atoms with E-state index in [4.69, 9.17) is 0 Å². The predicted octanol–water partition coefficient (Wildman–Crippen LogP) is 4.08. The summed E-state index contributed by atoms with van der Waals surface area (Å²) in [6.45, 7) is 6.74. The van der Waals surface area contributed by atoms with Crippen LogP contribution in [0.1, 0.15) is 37.5 Å². The lowest BCUT2D eigenvalue weighted by atomic mass is 9.87. The van der Waals surface area contributed by atoms with Crippen molar-refractivity contribution in [1.82, 2.24) is 10.2 Å². The number of imide groups is 1. The van der Waals surface area contributed by atoms with Gasteiger partial charge in [-0.3, -0.25) is 9.69 Å². The zero-order chi connectivity index (χ0) is 18.0. The van der Waals surface area contributed by atoms with Crippen LogP contribution in [-0.4, -0.2) is 16.8 Å². The Kier molecular flexibility index (Phi) is 4.45. The van der Waals surface area contributed by atoms with E-state index in [2.05, 4.69) is 38.2 Å².